The first-order valence-corrected chi connectivity index (χ1v) is 14.5. The average Bonchev–Trinajstić information content (AvgIpc) is 3.37. The van der Waals surface area contributed by atoms with Crippen molar-refractivity contribution in [3.63, 3.8) is 0 Å². The SMILES string of the molecule is COC(=O)/C=C/CC[C@H](NC(=O)c1cncn1C)C(=O)Nc1cccn(CC(=O)NC23CC4CC(CC(C4)C2)C3)c1=O. The second kappa shape index (κ2) is 12.3. The van der Waals surface area contributed by atoms with Crippen molar-refractivity contribution in [1.29, 1.82) is 0 Å². The Labute approximate surface area is 243 Å². The Hall–Kier alpha value is -4.22. The molecule has 4 aliphatic carbocycles. The molecule has 0 unspecified atom stereocenters. The van der Waals surface area contributed by atoms with E-state index in [0.29, 0.717) is 17.8 Å². The Bertz CT molecular complexity index is 1410. The highest BCUT2D eigenvalue weighted by Gasteiger charge is 2.51. The van der Waals surface area contributed by atoms with Gasteiger partial charge in [0.1, 0.15) is 24.0 Å². The molecule has 3 amide bonds. The highest BCUT2D eigenvalue weighted by Crippen LogP contribution is 2.55. The third-order valence-corrected chi connectivity index (χ3v) is 8.78. The van der Waals surface area contributed by atoms with Crippen LogP contribution < -0.4 is 21.5 Å². The Kier molecular flexibility index (Phi) is 8.60. The van der Waals surface area contributed by atoms with Crippen LogP contribution in [-0.2, 0) is 32.7 Å². The summed E-state index contributed by atoms with van der Waals surface area (Å²) in [7, 11) is 2.92. The van der Waals surface area contributed by atoms with E-state index in [9.17, 15) is 24.0 Å². The monoisotopic (exact) mass is 578 g/mol. The van der Waals surface area contributed by atoms with Gasteiger partial charge >= 0.3 is 5.97 Å². The summed E-state index contributed by atoms with van der Waals surface area (Å²) in [4.78, 5) is 67.8. The molecule has 1 atom stereocenters. The van der Waals surface area contributed by atoms with Crippen molar-refractivity contribution < 1.29 is 23.9 Å². The highest BCUT2D eigenvalue weighted by atomic mass is 16.5. The predicted octanol–water partition coefficient (Wildman–Crippen LogP) is 1.91. The van der Waals surface area contributed by atoms with E-state index in [4.69, 9.17) is 0 Å². The number of nitrogens with zero attached hydrogens (tertiary/aromatic N) is 3. The van der Waals surface area contributed by atoms with Crippen LogP contribution in [0.2, 0.25) is 0 Å². The zero-order valence-corrected chi connectivity index (χ0v) is 24.0. The molecule has 4 saturated carbocycles. The molecular weight excluding hydrogens is 540 g/mol. The quantitative estimate of drug-likeness (QED) is 0.272. The van der Waals surface area contributed by atoms with Crippen molar-refractivity contribution in [3.05, 3.63) is 59.1 Å². The van der Waals surface area contributed by atoms with Crippen LogP contribution >= 0.6 is 0 Å². The van der Waals surface area contributed by atoms with Gasteiger partial charge in [-0.3, -0.25) is 19.2 Å². The summed E-state index contributed by atoms with van der Waals surface area (Å²) < 4.78 is 7.39. The van der Waals surface area contributed by atoms with E-state index in [-0.39, 0.29) is 42.2 Å². The van der Waals surface area contributed by atoms with Gasteiger partial charge in [0.25, 0.3) is 11.5 Å². The molecule has 4 aliphatic rings. The maximum Gasteiger partial charge on any atom is 0.330 e. The molecule has 42 heavy (non-hydrogen) atoms. The van der Waals surface area contributed by atoms with Crippen molar-refractivity contribution in [2.24, 2.45) is 24.8 Å². The fraction of sp³-hybridized carbons (Fsp3) is 0.533. The van der Waals surface area contributed by atoms with Gasteiger partial charge in [0.15, 0.2) is 0 Å². The number of hydrogen-bond donors (Lipinski definition) is 3. The van der Waals surface area contributed by atoms with Crippen molar-refractivity contribution in [2.75, 3.05) is 12.4 Å². The van der Waals surface area contributed by atoms with Crippen LogP contribution in [0.3, 0.4) is 0 Å². The summed E-state index contributed by atoms with van der Waals surface area (Å²) in [5, 5.41) is 8.58. The molecule has 4 fully saturated rings. The lowest BCUT2D eigenvalue weighted by Gasteiger charge is -2.56. The number of carbonyl (C=O) groups excluding carboxylic acids is 4. The first kappa shape index (κ1) is 29.3. The number of aromatic nitrogens is 3. The van der Waals surface area contributed by atoms with Crippen LogP contribution in [-0.4, -0.2) is 56.5 Å². The summed E-state index contributed by atoms with van der Waals surface area (Å²) in [6.07, 6.45) is 14.4. The fourth-order valence-electron chi connectivity index (χ4n) is 7.32. The van der Waals surface area contributed by atoms with Gasteiger partial charge in [-0.05, 0) is 81.3 Å². The number of rotatable bonds is 11. The van der Waals surface area contributed by atoms with Gasteiger partial charge in [-0.25, -0.2) is 9.78 Å². The number of allylic oxidation sites excluding steroid dienone is 1. The molecule has 4 bridgehead atoms. The predicted molar refractivity (Wildman–Crippen MR) is 153 cm³/mol. The van der Waals surface area contributed by atoms with Crippen molar-refractivity contribution in [3.8, 4) is 0 Å². The molecule has 6 rings (SSSR count). The van der Waals surface area contributed by atoms with E-state index in [1.54, 1.807) is 19.2 Å². The van der Waals surface area contributed by atoms with E-state index in [1.165, 1.54) is 66.4 Å². The number of ether oxygens (including phenoxy) is 1. The third kappa shape index (κ3) is 6.63. The molecule has 12 heteroatoms. The minimum absolute atomic E-state index is 0.00464. The Morgan fingerprint density at radius 1 is 1.14 bits per heavy atom. The number of aryl methyl sites for hydroxylation is 1. The fourth-order valence-corrected chi connectivity index (χ4v) is 7.32. The number of pyridine rings is 1. The van der Waals surface area contributed by atoms with Gasteiger partial charge in [0.05, 0.1) is 19.6 Å². The van der Waals surface area contributed by atoms with Crippen LogP contribution in [0.4, 0.5) is 5.69 Å². The molecule has 2 aromatic rings. The number of nitrogens with one attached hydrogen (secondary N) is 3. The zero-order chi connectivity index (χ0) is 29.9. The van der Waals surface area contributed by atoms with Crippen LogP contribution in [0, 0.1) is 17.8 Å². The molecule has 0 radical (unpaired) electrons. The smallest absolute Gasteiger partial charge is 0.330 e. The minimum Gasteiger partial charge on any atom is -0.466 e. The van der Waals surface area contributed by atoms with Crippen molar-refractivity contribution in [1.82, 2.24) is 24.8 Å². The number of amides is 3. The molecule has 3 N–H and O–H groups in total. The van der Waals surface area contributed by atoms with E-state index in [2.05, 4.69) is 25.7 Å². The summed E-state index contributed by atoms with van der Waals surface area (Å²) in [6, 6.07) is 2.03. The summed E-state index contributed by atoms with van der Waals surface area (Å²) in [5.41, 5.74) is -0.433. The minimum atomic E-state index is -1.03. The second-order valence-electron chi connectivity index (χ2n) is 12.0. The molecular formula is C30H38N6O6. The maximum atomic E-state index is 13.3. The number of imidazole rings is 1. The molecule has 0 aliphatic heterocycles. The number of anilines is 1. The second-order valence-corrected chi connectivity index (χ2v) is 12.0. The highest BCUT2D eigenvalue weighted by molar-refractivity contribution is 6.00. The lowest BCUT2D eigenvalue weighted by Crippen LogP contribution is -2.60. The van der Waals surface area contributed by atoms with Gasteiger partial charge < -0.3 is 29.8 Å². The van der Waals surface area contributed by atoms with Crippen LogP contribution in [0.25, 0.3) is 0 Å². The number of esters is 1. The van der Waals surface area contributed by atoms with Crippen LogP contribution in [0.1, 0.15) is 61.9 Å². The molecule has 0 aromatic carbocycles. The molecule has 12 nitrogen and oxygen atoms in total. The normalized spacial score (nSPS) is 24.8. The Morgan fingerprint density at radius 2 is 1.83 bits per heavy atom. The van der Waals surface area contributed by atoms with Crippen LogP contribution in [0.15, 0.2) is 47.8 Å². The van der Waals surface area contributed by atoms with Gasteiger partial charge in [-0.2, -0.15) is 0 Å². The van der Waals surface area contributed by atoms with E-state index >= 15 is 0 Å². The molecule has 0 saturated heterocycles. The zero-order valence-electron chi connectivity index (χ0n) is 24.0. The average molecular weight is 579 g/mol. The lowest BCUT2D eigenvalue weighted by molar-refractivity contribution is -0.135. The number of methoxy groups -OCH3 is 1. The Balaban J connectivity index is 1.25. The largest absolute Gasteiger partial charge is 0.466 e. The van der Waals surface area contributed by atoms with E-state index < -0.39 is 29.4 Å². The van der Waals surface area contributed by atoms with Gasteiger partial charge in [-0.1, -0.05) is 6.08 Å². The van der Waals surface area contributed by atoms with Crippen molar-refractivity contribution >= 4 is 29.4 Å². The van der Waals surface area contributed by atoms with Gasteiger partial charge in [-0.15, -0.1) is 0 Å². The van der Waals surface area contributed by atoms with E-state index in [1.807, 2.05) is 0 Å². The third-order valence-electron chi connectivity index (χ3n) is 8.78. The summed E-state index contributed by atoms with van der Waals surface area (Å²) in [6.45, 7) is -0.150. The number of hydrogen-bond acceptors (Lipinski definition) is 7. The molecule has 224 valence electrons. The molecule has 2 aromatic heterocycles. The number of carbonyl (C=O) groups is 4. The topological polar surface area (TPSA) is 153 Å². The first-order valence-electron chi connectivity index (χ1n) is 14.5. The van der Waals surface area contributed by atoms with E-state index in [0.717, 1.165) is 19.3 Å². The maximum absolute atomic E-state index is 13.3. The molecule has 2 heterocycles. The van der Waals surface area contributed by atoms with Crippen molar-refractivity contribution in [2.45, 2.75) is 69.5 Å². The van der Waals surface area contributed by atoms with Crippen LogP contribution in [0.5, 0.6) is 0 Å². The van der Waals surface area contributed by atoms with Gasteiger partial charge in [0.2, 0.25) is 11.8 Å². The van der Waals surface area contributed by atoms with Gasteiger partial charge in [0, 0.05) is 24.9 Å². The Morgan fingerprint density at radius 3 is 2.45 bits per heavy atom. The molecule has 0 spiro atoms. The lowest BCUT2D eigenvalue weighted by atomic mass is 9.53. The summed E-state index contributed by atoms with van der Waals surface area (Å²) in [5.74, 6) is 0.178. The summed E-state index contributed by atoms with van der Waals surface area (Å²) >= 11 is 0. The standard InChI is InChI=1S/C30H38N6O6/c1-35-18-31-16-24(35)28(40)32-22(6-3-4-8-26(38)42-2)27(39)33-23-7-5-9-36(29(23)41)17-25(37)34-30-13-19-10-20(14-30)12-21(11-19)15-30/h4-5,7-9,16,18-22H,3,6,10-15,17H2,1-2H3,(H,32,40)(H,33,39)(H,34,37)/b8-4+/t19?,20?,21?,22-,30?/m0/s1. The first-order chi connectivity index (χ1) is 20.1.